The molecular weight excluding hydrogens is 306 g/mol. The molecular formula is C20H24ClNO. The lowest BCUT2D eigenvalue weighted by atomic mass is 9.51. The van der Waals surface area contributed by atoms with E-state index in [9.17, 15) is 4.79 Å². The number of nitrogens with one attached hydrogen (secondary N) is 1. The van der Waals surface area contributed by atoms with Crippen LogP contribution in [-0.2, 0) is 10.3 Å². The Balaban J connectivity index is 1.35. The number of hydrogen-bond donors (Lipinski definition) is 1. The molecule has 0 atom stereocenters. The van der Waals surface area contributed by atoms with Crippen LogP contribution in [0.4, 0.5) is 0 Å². The summed E-state index contributed by atoms with van der Waals surface area (Å²) in [4.78, 5) is 13.1. The molecule has 23 heavy (non-hydrogen) atoms. The van der Waals surface area contributed by atoms with Crippen molar-refractivity contribution in [3.8, 4) is 0 Å². The lowest BCUT2D eigenvalue weighted by Crippen LogP contribution is -2.52. The second kappa shape index (κ2) is 4.99. The number of amides is 1. The van der Waals surface area contributed by atoms with E-state index >= 15 is 0 Å². The normalized spacial score (nSPS) is 39.3. The quantitative estimate of drug-likeness (QED) is 0.868. The van der Waals surface area contributed by atoms with Crippen molar-refractivity contribution in [3.63, 3.8) is 0 Å². The van der Waals surface area contributed by atoms with Gasteiger partial charge in [-0.2, -0.15) is 0 Å². The molecule has 0 saturated heterocycles. The number of benzene rings is 1. The Kier molecular flexibility index (Phi) is 3.11. The first-order chi connectivity index (χ1) is 11.1. The third-order valence-corrected chi connectivity index (χ3v) is 7.29. The summed E-state index contributed by atoms with van der Waals surface area (Å²) >= 11 is 6.00. The molecule has 1 aromatic carbocycles. The van der Waals surface area contributed by atoms with Gasteiger partial charge < -0.3 is 5.32 Å². The average molecular weight is 330 g/mol. The van der Waals surface area contributed by atoms with E-state index in [4.69, 9.17) is 11.6 Å². The zero-order valence-corrected chi connectivity index (χ0v) is 14.2. The van der Waals surface area contributed by atoms with Crippen LogP contribution < -0.4 is 5.32 Å². The fourth-order valence-corrected chi connectivity index (χ4v) is 6.18. The second-order valence-electron chi connectivity index (χ2n) is 8.53. The van der Waals surface area contributed by atoms with Gasteiger partial charge in [-0.1, -0.05) is 23.7 Å². The summed E-state index contributed by atoms with van der Waals surface area (Å²) in [6.45, 7) is 0. The molecule has 5 aliphatic rings. The predicted molar refractivity (Wildman–Crippen MR) is 91.0 cm³/mol. The minimum atomic E-state index is -0.101. The molecule has 1 N–H and O–H groups in total. The summed E-state index contributed by atoms with van der Waals surface area (Å²) in [7, 11) is 0. The lowest BCUT2D eigenvalue weighted by molar-refractivity contribution is -0.139. The van der Waals surface area contributed by atoms with Crippen LogP contribution in [-0.4, -0.2) is 5.91 Å². The molecule has 2 nitrogen and oxygen atoms in total. The molecule has 122 valence electrons. The maximum absolute atomic E-state index is 13.1. The summed E-state index contributed by atoms with van der Waals surface area (Å²) in [5, 5.41) is 4.21. The van der Waals surface area contributed by atoms with Crippen molar-refractivity contribution in [2.75, 3.05) is 0 Å². The maximum atomic E-state index is 13.1. The standard InChI is InChI=1S/C20H24ClNO/c21-17-3-1-16(2-4-17)20(5-6-20)22-19(23)18-14-8-12-7-13(10-14)11-15(18)9-12/h1-4,12-15,18H,5-11H2,(H,22,23). The molecule has 5 saturated carbocycles. The van der Waals surface area contributed by atoms with Crippen LogP contribution in [0.3, 0.4) is 0 Å². The van der Waals surface area contributed by atoms with Gasteiger partial charge in [0.1, 0.15) is 0 Å². The fraction of sp³-hybridized carbons (Fsp3) is 0.650. The fourth-order valence-electron chi connectivity index (χ4n) is 6.05. The topological polar surface area (TPSA) is 29.1 Å². The van der Waals surface area contributed by atoms with Crippen molar-refractivity contribution in [2.24, 2.45) is 29.6 Å². The first-order valence-electron chi connectivity index (χ1n) is 9.21. The first-order valence-corrected chi connectivity index (χ1v) is 9.59. The van der Waals surface area contributed by atoms with E-state index in [2.05, 4.69) is 17.4 Å². The average Bonchev–Trinajstić information content (AvgIpc) is 3.27. The molecule has 0 unspecified atom stereocenters. The summed E-state index contributed by atoms with van der Waals surface area (Å²) in [5.74, 6) is 3.79. The monoisotopic (exact) mass is 329 g/mol. The summed E-state index contributed by atoms with van der Waals surface area (Å²) in [5.41, 5.74) is 1.12. The van der Waals surface area contributed by atoms with Gasteiger partial charge in [0.25, 0.3) is 0 Å². The van der Waals surface area contributed by atoms with Gasteiger partial charge in [0.15, 0.2) is 0 Å². The predicted octanol–water partition coefficient (Wildman–Crippen LogP) is 4.52. The van der Waals surface area contributed by atoms with E-state index in [0.29, 0.717) is 17.7 Å². The van der Waals surface area contributed by atoms with Gasteiger partial charge in [-0.15, -0.1) is 0 Å². The second-order valence-corrected chi connectivity index (χ2v) is 8.97. The molecule has 0 aliphatic heterocycles. The SMILES string of the molecule is O=C(NC1(c2ccc(Cl)cc2)CC1)C1C2CC3CC(C2)CC1C3. The zero-order valence-electron chi connectivity index (χ0n) is 13.4. The molecule has 0 radical (unpaired) electrons. The Morgan fingerprint density at radius 2 is 1.52 bits per heavy atom. The van der Waals surface area contributed by atoms with Crippen LogP contribution in [0.1, 0.15) is 50.5 Å². The van der Waals surface area contributed by atoms with Gasteiger partial charge in [-0.05, 0) is 86.3 Å². The summed E-state index contributed by atoms with van der Waals surface area (Å²) in [6.07, 6.45) is 8.79. The van der Waals surface area contributed by atoms with E-state index in [0.717, 1.165) is 29.7 Å². The number of hydrogen-bond acceptors (Lipinski definition) is 1. The highest BCUT2D eigenvalue weighted by Crippen LogP contribution is 2.57. The smallest absolute Gasteiger partial charge is 0.224 e. The van der Waals surface area contributed by atoms with Gasteiger partial charge in [0, 0.05) is 10.9 Å². The molecule has 6 rings (SSSR count). The van der Waals surface area contributed by atoms with Crippen molar-refractivity contribution >= 4 is 17.5 Å². The minimum absolute atomic E-state index is 0.101. The molecule has 1 aromatic rings. The Morgan fingerprint density at radius 3 is 2.04 bits per heavy atom. The Hall–Kier alpha value is -1.02. The largest absolute Gasteiger partial charge is 0.346 e. The van der Waals surface area contributed by atoms with E-state index in [1.165, 1.54) is 37.7 Å². The highest BCUT2D eigenvalue weighted by atomic mass is 35.5. The van der Waals surface area contributed by atoms with Crippen molar-refractivity contribution in [1.82, 2.24) is 5.32 Å². The van der Waals surface area contributed by atoms with Crippen molar-refractivity contribution in [1.29, 1.82) is 0 Å². The molecule has 0 heterocycles. The number of rotatable bonds is 3. The van der Waals surface area contributed by atoms with Gasteiger partial charge in [-0.25, -0.2) is 0 Å². The van der Waals surface area contributed by atoms with Crippen LogP contribution >= 0.6 is 11.6 Å². The van der Waals surface area contributed by atoms with Crippen LogP contribution in [0.2, 0.25) is 5.02 Å². The van der Waals surface area contributed by atoms with Crippen LogP contribution in [0, 0.1) is 29.6 Å². The van der Waals surface area contributed by atoms with Crippen molar-refractivity contribution < 1.29 is 4.79 Å². The lowest BCUT2D eigenvalue weighted by Gasteiger charge is -2.53. The van der Waals surface area contributed by atoms with Gasteiger partial charge in [-0.3, -0.25) is 4.79 Å². The Labute approximate surface area is 143 Å². The van der Waals surface area contributed by atoms with Crippen molar-refractivity contribution in [3.05, 3.63) is 34.9 Å². The van der Waals surface area contributed by atoms with Gasteiger partial charge >= 0.3 is 0 Å². The zero-order chi connectivity index (χ0) is 15.6. The molecule has 4 bridgehead atoms. The first kappa shape index (κ1) is 14.3. The van der Waals surface area contributed by atoms with Crippen molar-refractivity contribution in [2.45, 2.75) is 50.5 Å². The van der Waals surface area contributed by atoms with E-state index in [1.807, 2.05) is 12.1 Å². The van der Waals surface area contributed by atoms with E-state index in [-0.39, 0.29) is 11.5 Å². The third-order valence-electron chi connectivity index (χ3n) is 7.04. The van der Waals surface area contributed by atoms with E-state index in [1.54, 1.807) is 0 Å². The number of carbonyl (C=O) groups excluding carboxylic acids is 1. The highest BCUT2D eigenvalue weighted by molar-refractivity contribution is 6.30. The molecule has 0 spiro atoms. The maximum Gasteiger partial charge on any atom is 0.224 e. The summed E-state index contributed by atoms with van der Waals surface area (Å²) < 4.78 is 0. The number of carbonyl (C=O) groups is 1. The molecule has 5 fully saturated rings. The van der Waals surface area contributed by atoms with E-state index < -0.39 is 0 Å². The third kappa shape index (κ3) is 2.33. The molecule has 3 heteroatoms. The van der Waals surface area contributed by atoms with Gasteiger partial charge in [0.05, 0.1) is 5.54 Å². The Bertz CT molecular complexity index is 606. The Morgan fingerprint density at radius 1 is 0.957 bits per heavy atom. The van der Waals surface area contributed by atoms with Crippen LogP contribution in [0.25, 0.3) is 0 Å². The molecule has 5 aliphatic carbocycles. The number of halogens is 1. The van der Waals surface area contributed by atoms with Gasteiger partial charge in [0.2, 0.25) is 5.91 Å². The van der Waals surface area contributed by atoms with Crippen LogP contribution in [0.5, 0.6) is 0 Å². The molecule has 1 amide bonds. The summed E-state index contributed by atoms with van der Waals surface area (Å²) in [6, 6.07) is 8.02. The van der Waals surface area contributed by atoms with Crippen LogP contribution in [0.15, 0.2) is 24.3 Å². The molecule has 0 aromatic heterocycles. The minimum Gasteiger partial charge on any atom is -0.346 e. The highest BCUT2D eigenvalue weighted by Gasteiger charge is 2.53.